The molecule has 0 spiro atoms. The smallest absolute Gasteiger partial charge is 0.214 e. The lowest BCUT2D eigenvalue weighted by atomic mass is 10.2. The molecule has 0 aromatic carbocycles. The molecule has 0 aliphatic heterocycles. The third-order valence-corrected chi connectivity index (χ3v) is 1.94. The molecule has 4 heteroatoms. The Kier molecular flexibility index (Phi) is 2.05. The molecule has 14 heavy (non-hydrogen) atoms. The van der Waals surface area contributed by atoms with Crippen molar-refractivity contribution in [2.75, 3.05) is 0 Å². The van der Waals surface area contributed by atoms with Crippen molar-refractivity contribution in [1.82, 2.24) is 4.98 Å². The van der Waals surface area contributed by atoms with E-state index in [0.29, 0.717) is 11.1 Å². The summed E-state index contributed by atoms with van der Waals surface area (Å²) in [6.07, 6.45) is 1.65. The van der Waals surface area contributed by atoms with E-state index >= 15 is 0 Å². The molecule has 4 nitrogen and oxygen atoms in total. The Balaban J connectivity index is 2.50. The number of ketones is 1. The van der Waals surface area contributed by atoms with Gasteiger partial charge in [-0.3, -0.25) is 9.78 Å². The van der Waals surface area contributed by atoms with Gasteiger partial charge in [0, 0.05) is 12.3 Å². The first kappa shape index (κ1) is 8.90. The number of hydrogen-bond donors (Lipinski definition) is 1. The fourth-order valence-corrected chi connectivity index (χ4v) is 1.22. The second kappa shape index (κ2) is 3.23. The van der Waals surface area contributed by atoms with Crippen LogP contribution in [0.15, 0.2) is 28.8 Å². The van der Waals surface area contributed by atoms with Crippen molar-refractivity contribution >= 4 is 16.9 Å². The van der Waals surface area contributed by atoms with E-state index in [0.717, 1.165) is 0 Å². The molecule has 0 amide bonds. The van der Waals surface area contributed by atoms with E-state index in [1.807, 2.05) is 0 Å². The van der Waals surface area contributed by atoms with Crippen LogP contribution in [0.4, 0.5) is 0 Å². The van der Waals surface area contributed by atoms with Gasteiger partial charge in [0.2, 0.25) is 5.78 Å². The van der Waals surface area contributed by atoms with Gasteiger partial charge in [0.1, 0.15) is 5.52 Å². The minimum absolute atomic E-state index is 0.206. The molecule has 1 unspecified atom stereocenters. The van der Waals surface area contributed by atoms with Crippen LogP contribution in [0.5, 0.6) is 0 Å². The summed E-state index contributed by atoms with van der Waals surface area (Å²) >= 11 is 0. The zero-order valence-corrected chi connectivity index (χ0v) is 7.73. The number of Topliss-reactive ketones (excluding diaryl/α,β-unsaturated/α-hetero) is 1. The zero-order valence-electron chi connectivity index (χ0n) is 7.73. The Morgan fingerprint density at radius 1 is 1.64 bits per heavy atom. The zero-order chi connectivity index (χ0) is 10.1. The SMILES string of the molecule is CC(N)C(=O)c1cc2ncccc2o1. The second-order valence-corrected chi connectivity index (χ2v) is 3.15. The number of nitrogens with zero attached hydrogens (tertiary/aromatic N) is 1. The number of carbonyl (C=O) groups excluding carboxylic acids is 1. The van der Waals surface area contributed by atoms with Crippen LogP contribution in [0.25, 0.3) is 11.1 Å². The molecular formula is C10H10N2O2. The van der Waals surface area contributed by atoms with Gasteiger partial charge in [-0.05, 0) is 19.1 Å². The number of aromatic nitrogens is 1. The Hall–Kier alpha value is -1.68. The van der Waals surface area contributed by atoms with E-state index in [9.17, 15) is 4.79 Å². The van der Waals surface area contributed by atoms with Crippen LogP contribution in [0.2, 0.25) is 0 Å². The van der Waals surface area contributed by atoms with Gasteiger partial charge in [-0.25, -0.2) is 0 Å². The molecule has 0 fully saturated rings. The highest BCUT2D eigenvalue weighted by molar-refractivity contribution is 5.99. The van der Waals surface area contributed by atoms with Gasteiger partial charge in [-0.2, -0.15) is 0 Å². The standard InChI is InChI=1S/C10H10N2O2/c1-6(11)10(13)9-5-7-8(14-9)3-2-4-12-7/h2-6H,11H2,1H3. The van der Waals surface area contributed by atoms with E-state index in [-0.39, 0.29) is 11.5 Å². The fraction of sp³-hybridized carbons (Fsp3) is 0.200. The van der Waals surface area contributed by atoms with Crippen molar-refractivity contribution in [2.24, 2.45) is 5.73 Å². The Morgan fingerprint density at radius 3 is 3.07 bits per heavy atom. The van der Waals surface area contributed by atoms with Gasteiger partial charge in [-0.15, -0.1) is 0 Å². The van der Waals surface area contributed by atoms with Crippen molar-refractivity contribution in [1.29, 1.82) is 0 Å². The molecule has 0 radical (unpaired) electrons. The maximum absolute atomic E-state index is 11.5. The maximum atomic E-state index is 11.5. The van der Waals surface area contributed by atoms with Crippen LogP contribution in [0.3, 0.4) is 0 Å². The molecular weight excluding hydrogens is 180 g/mol. The number of hydrogen-bond acceptors (Lipinski definition) is 4. The molecule has 2 heterocycles. The lowest BCUT2D eigenvalue weighted by Gasteiger charge is -1.98. The number of furan rings is 1. The summed E-state index contributed by atoms with van der Waals surface area (Å²) in [5, 5.41) is 0. The van der Waals surface area contributed by atoms with E-state index in [1.54, 1.807) is 31.3 Å². The lowest BCUT2D eigenvalue weighted by molar-refractivity contribution is 0.0943. The second-order valence-electron chi connectivity index (χ2n) is 3.15. The highest BCUT2D eigenvalue weighted by Gasteiger charge is 2.15. The highest BCUT2D eigenvalue weighted by atomic mass is 16.3. The van der Waals surface area contributed by atoms with Crippen molar-refractivity contribution < 1.29 is 9.21 Å². The van der Waals surface area contributed by atoms with E-state index < -0.39 is 6.04 Å². The Bertz CT molecular complexity index is 441. The fourth-order valence-electron chi connectivity index (χ4n) is 1.22. The summed E-state index contributed by atoms with van der Waals surface area (Å²) < 4.78 is 5.30. The molecule has 0 saturated carbocycles. The average molecular weight is 190 g/mol. The molecule has 0 aliphatic carbocycles. The molecule has 0 saturated heterocycles. The molecule has 2 aromatic rings. The summed E-state index contributed by atoms with van der Waals surface area (Å²) in [4.78, 5) is 15.5. The molecule has 0 aliphatic rings. The summed E-state index contributed by atoms with van der Waals surface area (Å²) in [5.41, 5.74) is 6.75. The molecule has 0 bridgehead atoms. The number of carbonyl (C=O) groups is 1. The summed E-state index contributed by atoms with van der Waals surface area (Å²) in [6, 6.07) is 4.59. The van der Waals surface area contributed by atoms with Gasteiger partial charge < -0.3 is 10.2 Å². The van der Waals surface area contributed by atoms with Crippen LogP contribution in [0, 0.1) is 0 Å². The topological polar surface area (TPSA) is 69.1 Å². The van der Waals surface area contributed by atoms with Crippen molar-refractivity contribution in [2.45, 2.75) is 13.0 Å². The minimum Gasteiger partial charge on any atom is -0.451 e. The number of fused-ring (bicyclic) bond motifs is 1. The van der Waals surface area contributed by atoms with E-state index in [4.69, 9.17) is 10.2 Å². The van der Waals surface area contributed by atoms with Crippen LogP contribution in [-0.4, -0.2) is 16.8 Å². The Morgan fingerprint density at radius 2 is 2.43 bits per heavy atom. The van der Waals surface area contributed by atoms with Crippen molar-refractivity contribution in [3.05, 3.63) is 30.2 Å². The normalized spacial score (nSPS) is 13.0. The molecule has 2 aromatic heterocycles. The van der Waals surface area contributed by atoms with Crippen LogP contribution >= 0.6 is 0 Å². The molecule has 72 valence electrons. The third-order valence-electron chi connectivity index (χ3n) is 1.94. The first-order chi connectivity index (χ1) is 6.68. The maximum Gasteiger partial charge on any atom is 0.214 e. The minimum atomic E-state index is -0.546. The quantitative estimate of drug-likeness (QED) is 0.726. The van der Waals surface area contributed by atoms with Crippen LogP contribution in [-0.2, 0) is 0 Å². The van der Waals surface area contributed by atoms with E-state index in [1.165, 1.54) is 0 Å². The lowest BCUT2D eigenvalue weighted by Crippen LogP contribution is -2.26. The summed E-state index contributed by atoms with van der Waals surface area (Å²) in [6.45, 7) is 1.63. The van der Waals surface area contributed by atoms with E-state index in [2.05, 4.69) is 4.98 Å². The number of rotatable bonds is 2. The van der Waals surface area contributed by atoms with Crippen LogP contribution < -0.4 is 5.73 Å². The van der Waals surface area contributed by atoms with Gasteiger partial charge >= 0.3 is 0 Å². The van der Waals surface area contributed by atoms with Gasteiger partial charge in [0.05, 0.1) is 6.04 Å². The van der Waals surface area contributed by atoms with Crippen LogP contribution in [0.1, 0.15) is 17.5 Å². The number of nitrogens with two attached hydrogens (primary N) is 1. The predicted octanol–water partition coefficient (Wildman–Crippen LogP) is 1.36. The summed E-state index contributed by atoms with van der Waals surface area (Å²) in [5.74, 6) is 0.0664. The van der Waals surface area contributed by atoms with Crippen molar-refractivity contribution in [3.63, 3.8) is 0 Å². The van der Waals surface area contributed by atoms with Gasteiger partial charge in [0.25, 0.3) is 0 Å². The molecule has 2 rings (SSSR count). The first-order valence-electron chi connectivity index (χ1n) is 4.33. The largest absolute Gasteiger partial charge is 0.451 e. The van der Waals surface area contributed by atoms with Crippen molar-refractivity contribution in [3.8, 4) is 0 Å². The average Bonchev–Trinajstić information content (AvgIpc) is 2.59. The Labute approximate surface area is 80.7 Å². The monoisotopic (exact) mass is 190 g/mol. The molecule has 2 N–H and O–H groups in total. The van der Waals surface area contributed by atoms with Gasteiger partial charge in [-0.1, -0.05) is 0 Å². The first-order valence-corrected chi connectivity index (χ1v) is 4.33. The van der Waals surface area contributed by atoms with Gasteiger partial charge in [0.15, 0.2) is 11.3 Å². The molecule has 1 atom stereocenters. The third kappa shape index (κ3) is 1.40. The highest BCUT2D eigenvalue weighted by Crippen LogP contribution is 2.17. The summed E-state index contributed by atoms with van der Waals surface area (Å²) in [7, 11) is 0. The number of pyridine rings is 1. The predicted molar refractivity (Wildman–Crippen MR) is 52.0 cm³/mol.